The van der Waals surface area contributed by atoms with Crippen LogP contribution in [0.25, 0.3) is 0 Å². The van der Waals surface area contributed by atoms with Crippen LogP contribution in [0.5, 0.6) is 0 Å². The fourth-order valence-corrected chi connectivity index (χ4v) is 1.09. The smallest absolute Gasteiger partial charge is 0.326 e. The number of carboxylic acid groups (broad SMARTS) is 1. The molecule has 94 valence electrons. The average molecular weight is 232 g/mol. The second-order valence-corrected chi connectivity index (χ2v) is 4.46. The quantitative estimate of drug-likeness (QED) is 0.470. The molecular weight excluding hydrogens is 212 g/mol. The van der Waals surface area contributed by atoms with E-state index >= 15 is 0 Å². The van der Waals surface area contributed by atoms with Crippen molar-refractivity contribution in [3.63, 3.8) is 0 Å². The fraction of sp³-hybridized carbons (Fsp3) is 0.800. The number of nitrogens with two attached hydrogens (primary N) is 1. The van der Waals surface area contributed by atoms with Gasteiger partial charge in [-0.1, -0.05) is 0 Å². The summed E-state index contributed by atoms with van der Waals surface area (Å²) in [7, 11) is 0. The Morgan fingerprint density at radius 3 is 2.38 bits per heavy atom. The fourth-order valence-electron chi connectivity index (χ4n) is 1.09. The van der Waals surface area contributed by atoms with E-state index in [-0.39, 0.29) is 25.4 Å². The van der Waals surface area contributed by atoms with Crippen LogP contribution in [0.4, 0.5) is 0 Å². The monoisotopic (exact) mass is 232 g/mol. The molecule has 6 heteroatoms. The summed E-state index contributed by atoms with van der Waals surface area (Å²) >= 11 is 0. The summed E-state index contributed by atoms with van der Waals surface area (Å²) in [6.07, 6.45) is 0.663. The van der Waals surface area contributed by atoms with E-state index in [4.69, 9.17) is 15.9 Å². The van der Waals surface area contributed by atoms with E-state index < -0.39 is 17.6 Å². The molecule has 1 atom stereocenters. The molecule has 0 aromatic heterocycles. The zero-order valence-electron chi connectivity index (χ0n) is 9.69. The Kier molecular flexibility index (Phi) is 5.98. The molecule has 0 bridgehead atoms. The lowest BCUT2D eigenvalue weighted by molar-refractivity contribution is -0.142. The molecule has 0 aliphatic heterocycles. The number of aliphatic hydroxyl groups is 1. The average Bonchev–Trinajstić information content (AvgIpc) is 2.13. The first-order chi connectivity index (χ1) is 7.26. The summed E-state index contributed by atoms with van der Waals surface area (Å²) in [5, 5.41) is 19.7. The molecule has 0 aliphatic carbocycles. The predicted molar refractivity (Wildman–Crippen MR) is 58.8 cm³/mol. The van der Waals surface area contributed by atoms with Gasteiger partial charge in [0.25, 0.3) is 0 Å². The number of carboxylic acids is 1. The first-order valence-corrected chi connectivity index (χ1v) is 5.18. The van der Waals surface area contributed by atoms with Gasteiger partial charge >= 0.3 is 5.97 Å². The van der Waals surface area contributed by atoms with E-state index in [1.807, 2.05) is 0 Å². The molecule has 1 amide bonds. The Labute approximate surface area is 94.8 Å². The molecule has 0 saturated heterocycles. The molecule has 0 aliphatic rings. The maximum atomic E-state index is 11.4. The van der Waals surface area contributed by atoms with Crippen LogP contribution >= 0.6 is 0 Å². The molecule has 16 heavy (non-hydrogen) atoms. The topological polar surface area (TPSA) is 113 Å². The number of carbonyl (C=O) groups is 2. The minimum atomic E-state index is -1.14. The van der Waals surface area contributed by atoms with Gasteiger partial charge in [-0.05, 0) is 20.3 Å². The number of hydrogen-bond donors (Lipinski definition) is 4. The van der Waals surface area contributed by atoms with Gasteiger partial charge in [0.1, 0.15) is 6.04 Å². The maximum absolute atomic E-state index is 11.4. The summed E-state index contributed by atoms with van der Waals surface area (Å²) in [5.41, 5.74) is 5.25. The van der Waals surface area contributed by atoms with Crippen molar-refractivity contribution in [1.82, 2.24) is 5.32 Å². The van der Waals surface area contributed by atoms with Crippen LogP contribution in [-0.4, -0.2) is 40.3 Å². The van der Waals surface area contributed by atoms with E-state index in [1.54, 1.807) is 13.8 Å². The van der Waals surface area contributed by atoms with Crippen molar-refractivity contribution in [2.24, 2.45) is 5.73 Å². The summed E-state index contributed by atoms with van der Waals surface area (Å²) in [6, 6.07) is -1.03. The third-order valence-electron chi connectivity index (χ3n) is 2.05. The lowest BCUT2D eigenvalue weighted by Crippen LogP contribution is -2.42. The van der Waals surface area contributed by atoms with Crippen LogP contribution in [0.1, 0.15) is 33.1 Å². The highest BCUT2D eigenvalue weighted by Gasteiger charge is 2.20. The highest BCUT2D eigenvalue weighted by molar-refractivity contribution is 5.83. The van der Waals surface area contributed by atoms with E-state index in [2.05, 4.69) is 5.32 Å². The number of amides is 1. The largest absolute Gasteiger partial charge is 0.480 e. The first kappa shape index (κ1) is 14.9. The van der Waals surface area contributed by atoms with Crippen LogP contribution in [0, 0.1) is 0 Å². The Morgan fingerprint density at radius 2 is 2.00 bits per heavy atom. The SMILES string of the molecule is CC(C)(N)CCC(=O)N[C@H](CCO)C(=O)O. The van der Waals surface area contributed by atoms with E-state index in [1.165, 1.54) is 0 Å². The summed E-state index contributed by atoms with van der Waals surface area (Å²) in [5.74, 6) is -1.51. The van der Waals surface area contributed by atoms with Gasteiger partial charge in [0, 0.05) is 25.0 Å². The van der Waals surface area contributed by atoms with Gasteiger partial charge in [-0.15, -0.1) is 0 Å². The summed E-state index contributed by atoms with van der Waals surface area (Å²) < 4.78 is 0. The number of aliphatic carboxylic acids is 1. The Morgan fingerprint density at radius 1 is 1.44 bits per heavy atom. The van der Waals surface area contributed by atoms with Gasteiger partial charge in [0.05, 0.1) is 0 Å². The molecule has 0 fully saturated rings. The lowest BCUT2D eigenvalue weighted by atomic mass is 10.00. The van der Waals surface area contributed by atoms with Crippen LogP contribution in [0.15, 0.2) is 0 Å². The molecule has 0 aromatic rings. The van der Waals surface area contributed by atoms with Crippen LogP contribution in [0.2, 0.25) is 0 Å². The van der Waals surface area contributed by atoms with E-state index in [0.29, 0.717) is 6.42 Å². The zero-order valence-corrected chi connectivity index (χ0v) is 9.69. The number of carbonyl (C=O) groups excluding carboxylic acids is 1. The second-order valence-electron chi connectivity index (χ2n) is 4.46. The van der Waals surface area contributed by atoms with Gasteiger partial charge in [-0.2, -0.15) is 0 Å². The van der Waals surface area contributed by atoms with Crippen molar-refractivity contribution in [2.45, 2.75) is 44.7 Å². The van der Waals surface area contributed by atoms with E-state index in [9.17, 15) is 9.59 Å². The standard InChI is InChI=1S/C10H20N2O4/c1-10(2,11)5-3-8(14)12-7(4-6-13)9(15)16/h7,13H,3-6,11H2,1-2H3,(H,12,14)(H,15,16)/t7-/m1/s1. The van der Waals surface area contributed by atoms with Gasteiger partial charge in [0.2, 0.25) is 5.91 Å². The van der Waals surface area contributed by atoms with Crippen LogP contribution < -0.4 is 11.1 Å². The molecule has 0 aromatic carbocycles. The lowest BCUT2D eigenvalue weighted by Gasteiger charge is -2.19. The molecule has 0 radical (unpaired) electrons. The van der Waals surface area contributed by atoms with Crippen molar-refractivity contribution in [2.75, 3.05) is 6.61 Å². The minimum Gasteiger partial charge on any atom is -0.480 e. The third kappa shape index (κ3) is 7.19. The molecule has 0 unspecified atom stereocenters. The number of hydrogen-bond acceptors (Lipinski definition) is 4. The predicted octanol–water partition coefficient (Wildman–Crippen LogP) is -0.544. The second kappa shape index (κ2) is 6.44. The first-order valence-electron chi connectivity index (χ1n) is 5.18. The summed E-state index contributed by atoms with van der Waals surface area (Å²) in [4.78, 5) is 22.0. The highest BCUT2D eigenvalue weighted by atomic mass is 16.4. The van der Waals surface area contributed by atoms with Gasteiger partial charge in [-0.25, -0.2) is 4.79 Å². The van der Waals surface area contributed by atoms with Crippen molar-refractivity contribution in [1.29, 1.82) is 0 Å². The minimum absolute atomic E-state index is 0.00703. The van der Waals surface area contributed by atoms with Crippen molar-refractivity contribution < 1.29 is 19.8 Å². The van der Waals surface area contributed by atoms with Gasteiger partial charge in [0.15, 0.2) is 0 Å². The number of aliphatic hydroxyl groups excluding tert-OH is 1. The Hall–Kier alpha value is -1.14. The molecule has 0 rings (SSSR count). The Balaban J connectivity index is 4.05. The summed E-state index contributed by atoms with van der Waals surface area (Å²) in [6.45, 7) is 3.31. The molecule has 0 heterocycles. The number of rotatable bonds is 7. The van der Waals surface area contributed by atoms with Gasteiger partial charge < -0.3 is 21.3 Å². The van der Waals surface area contributed by atoms with E-state index in [0.717, 1.165) is 0 Å². The molecule has 5 N–H and O–H groups in total. The third-order valence-corrected chi connectivity index (χ3v) is 2.05. The van der Waals surface area contributed by atoms with Crippen molar-refractivity contribution in [3.8, 4) is 0 Å². The van der Waals surface area contributed by atoms with Gasteiger partial charge in [-0.3, -0.25) is 4.79 Å². The molecular formula is C10H20N2O4. The van der Waals surface area contributed by atoms with Crippen molar-refractivity contribution in [3.05, 3.63) is 0 Å². The highest BCUT2D eigenvalue weighted by Crippen LogP contribution is 2.07. The molecule has 6 nitrogen and oxygen atoms in total. The van der Waals surface area contributed by atoms with Crippen LogP contribution in [0.3, 0.4) is 0 Å². The maximum Gasteiger partial charge on any atom is 0.326 e. The Bertz CT molecular complexity index is 248. The molecule has 0 saturated carbocycles. The zero-order chi connectivity index (χ0) is 12.8. The molecule has 0 spiro atoms. The number of nitrogens with one attached hydrogen (secondary N) is 1. The normalized spacial score (nSPS) is 13.2. The van der Waals surface area contributed by atoms with Crippen molar-refractivity contribution >= 4 is 11.9 Å². The van der Waals surface area contributed by atoms with Crippen LogP contribution in [-0.2, 0) is 9.59 Å².